The Hall–Kier alpha value is -0.640. The minimum absolute atomic E-state index is 0.188. The summed E-state index contributed by atoms with van der Waals surface area (Å²) in [6, 6.07) is 0. The molecule has 0 saturated carbocycles. The molecule has 0 aromatic rings. The van der Waals surface area contributed by atoms with Gasteiger partial charge in [-0.05, 0) is 12.5 Å². The summed E-state index contributed by atoms with van der Waals surface area (Å²) in [5.74, 6) is -0.760. The van der Waals surface area contributed by atoms with Crippen LogP contribution in [0.3, 0.4) is 0 Å². The van der Waals surface area contributed by atoms with Crippen LogP contribution in [0.1, 0.15) is 6.92 Å². The van der Waals surface area contributed by atoms with Gasteiger partial charge in [0.05, 0.1) is 0 Å². The minimum atomic E-state index is -0.760. The smallest absolute Gasteiger partial charge is 0.221 e. The van der Waals surface area contributed by atoms with Gasteiger partial charge in [0.1, 0.15) is 6.10 Å². The van der Waals surface area contributed by atoms with Crippen molar-refractivity contribution in [3.63, 3.8) is 0 Å². The van der Waals surface area contributed by atoms with Crippen molar-refractivity contribution in [2.75, 3.05) is 21.3 Å². The van der Waals surface area contributed by atoms with Gasteiger partial charge in [-0.1, -0.05) is 18.2 Å². The van der Waals surface area contributed by atoms with Gasteiger partial charge in [0.15, 0.2) is 0 Å². The highest BCUT2D eigenvalue weighted by Crippen LogP contribution is 2.31. The first kappa shape index (κ1) is 10.4. The lowest BCUT2D eigenvalue weighted by Gasteiger charge is -2.38. The summed E-state index contributed by atoms with van der Waals surface area (Å²) in [4.78, 5) is 0. The Morgan fingerprint density at radius 3 is 2.23 bits per heavy atom. The number of hydrogen-bond acceptors (Lipinski definition) is 3. The SMILES string of the molecule is COC1C=CC=C(C)C1(OC)OC. The van der Waals surface area contributed by atoms with E-state index in [1.165, 1.54) is 0 Å². The average Bonchev–Trinajstić information content (AvgIpc) is 2.18. The zero-order chi connectivity index (χ0) is 9.90. The largest absolute Gasteiger partial charge is 0.371 e. The Bertz CT molecular complexity index is 226. The second kappa shape index (κ2) is 4.05. The van der Waals surface area contributed by atoms with Crippen molar-refractivity contribution in [3.05, 3.63) is 23.8 Å². The van der Waals surface area contributed by atoms with Crippen molar-refractivity contribution in [3.8, 4) is 0 Å². The number of ether oxygens (including phenoxy) is 3. The third-order valence-electron chi connectivity index (χ3n) is 2.42. The van der Waals surface area contributed by atoms with Crippen LogP contribution in [0.5, 0.6) is 0 Å². The van der Waals surface area contributed by atoms with E-state index in [9.17, 15) is 0 Å². The van der Waals surface area contributed by atoms with E-state index in [1.54, 1.807) is 21.3 Å². The topological polar surface area (TPSA) is 27.7 Å². The van der Waals surface area contributed by atoms with Gasteiger partial charge >= 0.3 is 0 Å². The first-order valence-electron chi connectivity index (χ1n) is 4.20. The molecule has 3 heteroatoms. The van der Waals surface area contributed by atoms with Crippen LogP contribution in [-0.2, 0) is 14.2 Å². The van der Waals surface area contributed by atoms with E-state index in [0.29, 0.717) is 0 Å². The van der Waals surface area contributed by atoms with E-state index in [2.05, 4.69) is 0 Å². The number of hydrogen-bond donors (Lipinski definition) is 0. The summed E-state index contributed by atoms with van der Waals surface area (Å²) in [5, 5.41) is 0. The summed E-state index contributed by atoms with van der Waals surface area (Å²) in [6.45, 7) is 1.96. The number of allylic oxidation sites excluding steroid dienone is 2. The third-order valence-corrected chi connectivity index (χ3v) is 2.42. The molecule has 0 N–H and O–H groups in total. The van der Waals surface area contributed by atoms with Gasteiger partial charge in [0.2, 0.25) is 5.79 Å². The number of rotatable bonds is 3. The lowest BCUT2D eigenvalue weighted by atomic mass is 9.96. The van der Waals surface area contributed by atoms with E-state index in [1.807, 2.05) is 25.2 Å². The van der Waals surface area contributed by atoms with Gasteiger partial charge in [-0.25, -0.2) is 0 Å². The normalized spacial score (nSPS) is 25.8. The lowest BCUT2D eigenvalue weighted by Crippen LogP contribution is -2.48. The third kappa shape index (κ3) is 1.55. The van der Waals surface area contributed by atoms with Crippen LogP contribution in [0.25, 0.3) is 0 Å². The molecule has 0 bridgehead atoms. The molecule has 0 fully saturated rings. The Kier molecular flexibility index (Phi) is 3.25. The van der Waals surface area contributed by atoms with E-state index < -0.39 is 5.79 Å². The van der Waals surface area contributed by atoms with Gasteiger partial charge in [-0.2, -0.15) is 0 Å². The van der Waals surface area contributed by atoms with Gasteiger partial charge in [-0.3, -0.25) is 0 Å². The summed E-state index contributed by atoms with van der Waals surface area (Å²) < 4.78 is 16.0. The molecule has 1 unspecified atom stereocenters. The molecule has 0 spiro atoms. The van der Waals surface area contributed by atoms with Crippen molar-refractivity contribution in [1.29, 1.82) is 0 Å². The molecule has 0 aromatic heterocycles. The molecule has 74 valence electrons. The molecule has 1 aliphatic rings. The Labute approximate surface area is 79.0 Å². The predicted octanol–water partition coefficient (Wildman–Crippen LogP) is 1.51. The summed E-state index contributed by atoms with van der Waals surface area (Å²) >= 11 is 0. The molecule has 0 aliphatic heterocycles. The van der Waals surface area contributed by atoms with Gasteiger partial charge in [-0.15, -0.1) is 0 Å². The van der Waals surface area contributed by atoms with E-state index in [0.717, 1.165) is 5.57 Å². The Balaban J connectivity index is 3.00. The molecule has 0 amide bonds. The van der Waals surface area contributed by atoms with Crippen LogP contribution in [0.15, 0.2) is 23.8 Å². The van der Waals surface area contributed by atoms with Crippen LogP contribution in [0.2, 0.25) is 0 Å². The van der Waals surface area contributed by atoms with Gasteiger partial charge in [0, 0.05) is 21.3 Å². The second-order valence-corrected chi connectivity index (χ2v) is 2.97. The van der Waals surface area contributed by atoms with Crippen LogP contribution in [0.4, 0.5) is 0 Å². The Morgan fingerprint density at radius 1 is 1.23 bits per heavy atom. The van der Waals surface area contributed by atoms with Crippen molar-refractivity contribution >= 4 is 0 Å². The Morgan fingerprint density at radius 2 is 1.85 bits per heavy atom. The van der Waals surface area contributed by atoms with Crippen molar-refractivity contribution in [1.82, 2.24) is 0 Å². The van der Waals surface area contributed by atoms with E-state index in [4.69, 9.17) is 14.2 Å². The van der Waals surface area contributed by atoms with Crippen molar-refractivity contribution < 1.29 is 14.2 Å². The van der Waals surface area contributed by atoms with Gasteiger partial charge < -0.3 is 14.2 Å². The van der Waals surface area contributed by atoms with Crippen LogP contribution in [0, 0.1) is 0 Å². The van der Waals surface area contributed by atoms with E-state index in [-0.39, 0.29) is 6.10 Å². The fraction of sp³-hybridized carbons (Fsp3) is 0.600. The molecule has 3 nitrogen and oxygen atoms in total. The van der Waals surface area contributed by atoms with E-state index >= 15 is 0 Å². The quantitative estimate of drug-likeness (QED) is 0.622. The summed E-state index contributed by atoms with van der Waals surface area (Å²) in [5.41, 5.74) is 1.01. The monoisotopic (exact) mass is 184 g/mol. The van der Waals surface area contributed by atoms with Crippen LogP contribution >= 0.6 is 0 Å². The fourth-order valence-corrected chi connectivity index (χ4v) is 1.64. The summed E-state index contributed by atoms with van der Waals surface area (Å²) in [7, 11) is 4.87. The highest BCUT2D eigenvalue weighted by atomic mass is 16.7. The molecule has 0 heterocycles. The zero-order valence-electron chi connectivity index (χ0n) is 8.53. The fourth-order valence-electron chi connectivity index (χ4n) is 1.64. The second-order valence-electron chi connectivity index (χ2n) is 2.97. The minimum Gasteiger partial charge on any atom is -0.371 e. The highest BCUT2D eigenvalue weighted by molar-refractivity contribution is 5.28. The molecular weight excluding hydrogens is 168 g/mol. The molecular formula is C10H16O3. The lowest BCUT2D eigenvalue weighted by molar-refractivity contribution is -0.228. The maximum Gasteiger partial charge on any atom is 0.221 e. The standard InChI is InChI=1S/C10H16O3/c1-8-6-5-7-9(11-2)10(8,12-3)13-4/h5-7,9H,1-4H3. The first-order valence-corrected chi connectivity index (χ1v) is 4.20. The molecule has 0 saturated heterocycles. The van der Waals surface area contributed by atoms with Crippen molar-refractivity contribution in [2.45, 2.75) is 18.8 Å². The molecule has 0 radical (unpaired) electrons. The molecule has 0 aromatic carbocycles. The molecule has 13 heavy (non-hydrogen) atoms. The summed E-state index contributed by atoms with van der Waals surface area (Å²) in [6.07, 6.45) is 5.63. The predicted molar refractivity (Wildman–Crippen MR) is 50.4 cm³/mol. The maximum atomic E-state index is 5.38. The molecule has 1 rings (SSSR count). The first-order chi connectivity index (χ1) is 6.21. The van der Waals surface area contributed by atoms with Gasteiger partial charge in [0.25, 0.3) is 0 Å². The zero-order valence-corrected chi connectivity index (χ0v) is 8.53. The molecule has 1 atom stereocenters. The number of methoxy groups -OCH3 is 3. The maximum absolute atomic E-state index is 5.38. The van der Waals surface area contributed by atoms with Crippen molar-refractivity contribution in [2.24, 2.45) is 0 Å². The van der Waals surface area contributed by atoms with Crippen LogP contribution < -0.4 is 0 Å². The van der Waals surface area contributed by atoms with Crippen LogP contribution in [-0.4, -0.2) is 33.2 Å². The highest BCUT2D eigenvalue weighted by Gasteiger charge is 2.41. The molecule has 1 aliphatic carbocycles. The average molecular weight is 184 g/mol.